The minimum atomic E-state index is 0.829. The lowest BCUT2D eigenvalue weighted by molar-refractivity contribution is -0.822. The quantitative estimate of drug-likeness (QED) is 0.448. The lowest BCUT2D eigenvalue weighted by atomic mass is 10.3. The molecule has 0 bridgehead atoms. The maximum atomic E-state index is 2.53. The number of likely N-dealkylation sites (N-methyl/N-ethyl adjacent to an activating group) is 1. The predicted molar refractivity (Wildman–Crippen MR) is 57.8 cm³/mol. The van der Waals surface area contributed by atoms with E-state index in [0.717, 1.165) is 6.04 Å². The Morgan fingerprint density at radius 3 is 2.00 bits per heavy atom. The molecule has 0 aliphatic carbocycles. The first-order chi connectivity index (χ1) is 6.14. The molecular formula is C11H25N2+. The van der Waals surface area contributed by atoms with Crippen LogP contribution >= 0.6 is 0 Å². The molecule has 0 N–H and O–H groups in total. The Balaban J connectivity index is 2.25. The van der Waals surface area contributed by atoms with Gasteiger partial charge in [0.15, 0.2) is 0 Å². The fourth-order valence-electron chi connectivity index (χ4n) is 2.01. The van der Waals surface area contributed by atoms with E-state index >= 15 is 0 Å². The lowest BCUT2D eigenvalue weighted by Gasteiger charge is -2.26. The first kappa shape index (κ1) is 11.0. The average molecular weight is 185 g/mol. The van der Waals surface area contributed by atoms with Crippen molar-refractivity contribution in [3.8, 4) is 0 Å². The summed E-state index contributed by atoms with van der Waals surface area (Å²) in [6, 6.07) is 0.829. The highest BCUT2D eigenvalue weighted by atomic mass is 15.5. The summed E-state index contributed by atoms with van der Waals surface area (Å²) >= 11 is 0. The van der Waals surface area contributed by atoms with Gasteiger partial charge >= 0.3 is 0 Å². The van der Waals surface area contributed by atoms with Crippen LogP contribution in [-0.2, 0) is 0 Å². The van der Waals surface area contributed by atoms with Crippen LogP contribution in [0, 0.1) is 0 Å². The number of quaternary nitrogens is 1. The van der Waals surface area contributed by atoms with Crippen molar-refractivity contribution < 1.29 is 4.48 Å². The standard InChI is InChI=1S/C11H25N2/c1-5-12(6-2)7-8-13(9-10-13)11(3)4/h11H,5-10H2,1-4H3/q+1. The van der Waals surface area contributed by atoms with E-state index in [2.05, 4.69) is 32.6 Å². The van der Waals surface area contributed by atoms with Crippen LogP contribution in [0.15, 0.2) is 0 Å². The van der Waals surface area contributed by atoms with Gasteiger partial charge in [0.2, 0.25) is 0 Å². The van der Waals surface area contributed by atoms with Gasteiger partial charge < -0.3 is 4.48 Å². The zero-order valence-electron chi connectivity index (χ0n) is 9.71. The largest absolute Gasteiger partial charge is 0.311 e. The molecule has 2 heteroatoms. The molecule has 1 rings (SSSR count). The molecule has 0 spiro atoms. The highest BCUT2D eigenvalue weighted by molar-refractivity contribution is 4.63. The van der Waals surface area contributed by atoms with Gasteiger partial charge in [-0.15, -0.1) is 0 Å². The maximum Gasteiger partial charge on any atom is 0.129 e. The van der Waals surface area contributed by atoms with Gasteiger partial charge in [0, 0.05) is 6.54 Å². The number of rotatable bonds is 6. The van der Waals surface area contributed by atoms with E-state index in [9.17, 15) is 0 Å². The van der Waals surface area contributed by atoms with Crippen LogP contribution in [0.2, 0.25) is 0 Å². The summed E-state index contributed by atoms with van der Waals surface area (Å²) in [5.41, 5.74) is 0. The minimum Gasteiger partial charge on any atom is -0.311 e. The topological polar surface area (TPSA) is 3.24 Å². The van der Waals surface area contributed by atoms with Crippen molar-refractivity contribution in [2.24, 2.45) is 0 Å². The Kier molecular flexibility index (Phi) is 3.74. The first-order valence-corrected chi connectivity index (χ1v) is 5.72. The van der Waals surface area contributed by atoms with Gasteiger partial charge in [-0.2, -0.15) is 0 Å². The summed E-state index contributed by atoms with van der Waals surface area (Å²) in [6.45, 7) is 17.1. The van der Waals surface area contributed by atoms with Crippen LogP contribution in [0.25, 0.3) is 0 Å². The summed E-state index contributed by atoms with van der Waals surface area (Å²) in [5.74, 6) is 0. The maximum absolute atomic E-state index is 2.53. The third-order valence-corrected chi connectivity index (χ3v) is 3.65. The van der Waals surface area contributed by atoms with Crippen LogP contribution in [0.4, 0.5) is 0 Å². The summed E-state index contributed by atoms with van der Waals surface area (Å²) in [5, 5.41) is 0. The molecule has 0 radical (unpaired) electrons. The van der Waals surface area contributed by atoms with E-state index in [0.29, 0.717) is 0 Å². The Morgan fingerprint density at radius 1 is 1.15 bits per heavy atom. The zero-order valence-corrected chi connectivity index (χ0v) is 9.71. The van der Waals surface area contributed by atoms with Gasteiger partial charge in [0.1, 0.15) is 13.1 Å². The Labute approximate surface area is 83.1 Å². The van der Waals surface area contributed by atoms with Gasteiger partial charge in [-0.1, -0.05) is 13.8 Å². The van der Waals surface area contributed by atoms with E-state index in [1.807, 2.05) is 0 Å². The van der Waals surface area contributed by atoms with E-state index in [4.69, 9.17) is 0 Å². The van der Waals surface area contributed by atoms with Gasteiger partial charge in [0.05, 0.1) is 12.6 Å². The minimum absolute atomic E-state index is 0.829. The molecule has 0 aromatic carbocycles. The van der Waals surface area contributed by atoms with Crippen LogP contribution < -0.4 is 0 Å². The van der Waals surface area contributed by atoms with Crippen molar-refractivity contribution in [1.82, 2.24) is 4.90 Å². The van der Waals surface area contributed by atoms with Crippen LogP contribution in [0.5, 0.6) is 0 Å². The average Bonchev–Trinajstić information content (AvgIpc) is 2.87. The molecule has 0 aromatic heterocycles. The molecule has 1 aliphatic heterocycles. The van der Waals surface area contributed by atoms with Crippen molar-refractivity contribution in [1.29, 1.82) is 0 Å². The van der Waals surface area contributed by atoms with Gasteiger partial charge in [-0.3, -0.25) is 4.90 Å². The predicted octanol–water partition coefficient (Wildman–Crippen LogP) is 1.57. The van der Waals surface area contributed by atoms with Crippen molar-refractivity contribution in [3.05, 3.63) is 0 Å². The molecule has 1 aliphatic rings. The van der Waals surface area contributed by atoms with Crippen LogP contribution in [0.3, 0.4) is 0 Å². The molecule has 13 heavy (non-hydrogen) atoms. The molecular weight excluding hydrogens is 160 g/mol. The molecule has 0 saturated carbocycles. The summed E-state index contributed by atoms with van der Waals surface area (Å²) in [4.78, 5) is 2.53. The van der Waals surface area contributed by atoms with Crippen molar-refractivity contribution in [2.45, 2.75) is 33.7 Å². The van der Waals surface area contributed by atoms with E-state index < -0.39 is 0 Å². The Morgan fingerprint density at radius 2 is 1.69 bits per heavy atom. The van der Waals surface area contributed by atoms with Crippen molar-refractivity contribution >= 4 is 0 Å². The molecule has 1 fully saturated rings. The first-order valence-electron chi connectivity index (χ1n) is 5.72. The van der Waals surface area contributed by atoms with E-state index in [1.165, 1.54) is 43.8 Å². The van der Waals surface area contributed by atoms with Crippen LogP contribution in [-0.4, -0.2) is 54.7 Å². The molecule has 2 nitrogen and oxygen atoms in total. The molecule has 1 heterocycles. The number of hydrogen-bond acceptors (Lipinski definition) is 1. The third kappa shape index (κ3) is 2.68. The molecule has 0 amide bonds. The number of hydrogen-bond donors (Lipinski definition) is 0. The monoisotopic (exact) mass is 185 g/mol. The summed E-state index contributed by atoms with van der Waals surface area (Å²) < 4.78 is 1.37. The fraction of sp³-hybridized carbons (Fsp3) is 1.00. The molecule has 0 aromatic rings. The van der Waals surface area contributed by atoms with Crippen molar-refractivity contribution in [3.63, 3.8) is 0 Å². The third-order valence-electron chi connectivity index (χ3n) is 3.65. The summed E-state index contributed by atoms with van der Waals surface area (Å²) in [6.07, 6.45) is 0. The normalized spacial score (nSPS) is 19.8. The second-order valence-corrected chi connectivity index (χ2v) is 4.51. The van der Waals surface area contributed by atoms with Gasteiger partial charge in [0.25, 0.3) is 0 Å². The second kappa shape index (κ2) is 4.43. The fourth-order valence-corrected chi connectivity index (χ4v) is 2.01. The van der Waals surface area contributed by atoms with Crippen molar-refractivity contribution in [2.75, 3.05) is 39.3 Å². The smallest absolute Gasteiger partial charge is 0.129 e. The Hall–Kier alpha value is -0.0800. The van der Waals surface area contributed by atoms with Gasteiger partial charge in [-0.25, -0.2) is 0 Å². The SMILES string of the molecule is CCN(CC)CC[N+]1(C(C)C)CC1. The summed E-state index contributed by atoms with van der Waals surface area (Å²) in [7, 11) is 0. The highest BCUT2D eigenvalue weighted by Crippen LogP contribution is 2.25. The van der Waals surface area contributed by atoms with Gasteiger partial charge in [-0.05, 0) is 26.9 Å². The van der Waals surface area contributed by atoms with Crippen LogP contribution in [0.1, 0.15) is 27.7 Å². The lowest BCUT2D eigenvalue weighted by Crippen LogP contribution is -2.40. The second-order valence-electron chi connectivity index (χ2n) is 4.51. The molecule has 1 saturated heterocycles. The highest BCUT2D eigenvalue weighted by Gasteiger charge is 2.44. The van der Waals surface area contributed by atoms with E-state index in [1.54, 1.807) is 0 Å². The number of nitrogens with zero attached hydrogens (tertiary/aromatic N) is 2. The molecule has 0 unspecified atom stereocenters. The Bertz CT molecular complexity index is 146. The molecule has 78 valence electrons. The zero-order chi connectivity index (χ0) is 9.90. The molecule has 0 atom stereocenters. The van der Waals surface area contributed by atoms with E-state index in [-0.39, 0.29) is 0 Å².